The van der Waals surface area contributed by atoms with Gasteiger partial charge in [0, 0.05) is 39.3 Å². The minimum absolute atomic E-state index is 0.0129. The third-order valence-electron chi connectivity index (χ3n) is 7.42. The molecule has 4 rings (SSSR count). The number of ketones is 1. The van der Waals surface area contributed by atoms with E-state index in [1.807, 2.05) is 29.0 Å². The molecule has 7 N–H and O–H groups in total. The Morgan fingerprint density at radius 2 is 2.05 bits per heavy atom. The fourth-order valence-corrected chi connectivity index (χ4v) is 5.84. The summed E-state index contributed by atoms with van der Waals surface area (Å²) < 4.78 is 28.4. The van der Waals surface area contributed by atoms with Gasteiger partial charge in [-0.2, -0.15) is 0 Å². The van der Waals surface area contributed by atoms with Gasteiger partial charge >= 0.3 is 0 Å². The quantitative estimate of drug-likeness (QED) is 0.286. The van der Waals surface area contributed by atoms with E-state index in [4.69, 9.17) is 11.5 Å². The zero-order valence-electron chi connectivity index (χ0n) is 21.8. The zero-order chi connectivity index (χ0) is 27.4. The van der Waals surface area contributed by atoms with Crippen molar-refractivity contribution in [1.82, 2.24) is 25.8 Å². The second-order valence-corrected chi connectivity index (χ2v) is 10.1. The normalized spacial score (nSPS) is 25.0. The SMILES string of the molecule is CN/C=C(\CN)c1cc(F)cc(CNCC(=O)C2NC=CC3=C2N(CC(N)=O)C(C2CCC(F)C2)N3C)c1. The average Bonchev–Trinajstić information content (AvgIpc) is 3.42. The third-order valence-corrected chi connectivity index (χ3v) is 7.42. The van der Waals surface area contributed by atoms with E-state index in [0.717, 1.165) is 11.3 Å². The van der Waals surface area contributed by atoms with Crippen LogP contribution in [-0.4, -0.2) is 73.6 Å². The molecule has 2 heterocycles. The number of halogens is 2. The van der Waals surface area contributed by atoms with E-state index in [2.05, 4.69) is 16.0 Å². The lowest BCUT2D eigenvalue weighted by molar-refractivity contribution is -0.122. The second-order valence-electron chi connectivity index (χ2n) is 10.1. The fourth-order valence-electron chi connectivity index (χ4n) is 5.84. The van der Waals surface area contributed by atoms with Crippen LogP contribution in [0.2, 0.25) is 0 Å². The maximum Gasteiger partial charge on any atom is 0.237 e. The van der Waals surface area contributed by atoms with Crippen LogP contribution in [-0.2, 0) is 16.1 Å². The molecule has 0 spiro atoms. The van der Waals surface area contributed by atoms with Gasteiger partial charge in [0.1, 0.15) is 24.2 Å². The summed E-state index contributed by atoms with van der Waals surface area (Å²) in [5.41, 5.74) is 15.0. The smallest absolute Gasteiger partial charge is 0.237 e. The van der Waals surface area contributed by atoms with Crippen molar-refractivity contribution in [2.24, 2.45) is 17.4 Å². The Balaban J connectivity index is 1.48. The first-order chi connectivity index (χ1) is 18.2. The number of primary amides is 1. The highest BCUT2D eigenvalue weighted by Gasteiger charge is 2.47. The Morgan fingerprint density at radius 3 is 2.71 bits per heavy atom. The highest BCUT2D eigenvalue weighted by Crippen LogP contribution is 2.42. The van der Waals surface area contributed by atoms with Crippen molar-refractivity contribution in [2.75, 3.05) is 33.7 Å². The molecule has 38 heavy (non-hydrogen) atoms. The number of hydrogen-bond acceptors (Lipinski definition) is 8. The summed E-state index contributed by atoms with van der Waals surface area (Å²) in [7, 11) is 3.65. The lowest BCUT2D eigenvalue weighted by Crippen LogP contribution is -2.51. The molecule has 0 radical (unpaired) electrons. The Labute approximate surface area is 222 Å². The molecule has 1 aromatic rings. The van der Waals surface area contributed by atoms with E-state index >= 15 is 0 Å². The largest absolute Gasteiger partial charge is 0.394 e. The topological polar surface area (TPSA) is 129 Å². The molecule has 2 aliphatic heterocycles. The van der Waals surface area contributed by atoms with Gasteiger partial charge in [0.2, 0.25) is 5.91 Å². The lowest BCUT2D eigenvalue weighted by Gasteiger charge is -2.37. The zero-order valence-corrected chi connectivity index (χ0v) is 21.8. The molecule has 11 heteroatoms. The monoisotopic (exact) mass is 529 g/mol. The van der Waals surface area contributed by atoms with Gasteiger partial charge in [0.05, 0.1) is 24.5 Å². The van der Waals surface area contributed by atoms with Crippen molar-refractivity contribution in [3.8, 4) is 0 Å². The maximum absolute atomic E-state index is 14.3. The first kappa shape index (κ1) is 27.6. The van der Waals surface area contributed by atoms with Crippen LogP contribution >= 0.6 is 0 Å². The van der Waals surface area contributed by atoms with Crippen molar-refractivity contribution in [2.45, 2.75) is 44.2 Å². The standard InChI is InChI=1S/C27H37F2N7O2/c1-32-13-19(11-30)18-7-16(8-21(29)10-18)12-33-14-23(37)25-26-22(5-6-34-25)35(2)27(36(26)15-24(31)38)17-3-4-20(28)9-17/h5-8,10,13,17,20,25,27,32-34H,3-4,9,11-12,14-15,30H2,1-2H3,(H2,31,38)/b19-13+. The number of nitrogens with two attached hydrogens (primary N) is 2. The predicted molar refractivity (Wildman–Crippen MR) is 142 cm³/mol. The molecule has 0 bridgehead atoms. The number of carbonyl (C=O) groups is 2. The first-order valence-electron chi connectivity index (χ1n) is 12.9. The van der Waals surface area contributed by atoms with Gasteiger partial charge in [0.15, 0.2) is 5.78 Å². The summed E-state index contributed by atoms with van der Waals surface area (Å²) in [6.45, 7) is 0.469. The van der Waals surface area contributed by atoms with Gasteiger partial charge in [-0.05, 0) is 66.4 Å². The Kier molecular flexibility index (Phi) is 8.68. The van der Waals surface area contributed by atoms with E-state index < -0.39 is 18.1 Å². The minimum atomic E-state index is -0.866. The molecular weight excluding hydrogens is 492 g/mol. The third kappa shape index (κ3) is 5.83. The molecule has 1 aliphatic carbocycles. The Bertz CT molecular complexity index is 1150. The molecule has 1 saturated carbocycles. The molecule has 9 nitrogen and oxygen atoms in total. The number of benzene rings is 1. The summed E-state index contributed by atoms with van der Waals surface area (Å²) >= 11 is 0. The van der Waals surface area contributed by atoms with E-state index in [9.17, 15) is 18.4 Å². The molecule has 1 amide bonds. The van der Waals surface area contributed by atoms with E-state index in [1.165, 1.54) is 12.1 Å². The lowest BCUT2D eigenvalue weighted by atomic mass is 10.0. The van der Waals surface area contributed by atoms with Crippen LogP contribution < -0.4 is 27.4 Å². The minimum Gasteiger partial charge on any atom is -0.394 e. The van der Waals surface area contributed by atoms with Crippen LogP contribution in [0.3, 0.4) is 0 Å². The molecule has 3 aliphatic rings. The summed E-state index contributed by atoms with van der Waals surface area (Å²) in [6.07, 6.45) is 5.79. The second kappa shape index (κ2) is 12.0. The number of amides is 1. The highest BCUT2D eigenvalue weighted by atomic mass is 19.1. The summed E-state index contributed by atoms with van der Waals surface area (Å²) in [6, 6.07) is 3.97. The number of dihydropyridines is 1. The van der Waals surface area contributed by atoms with E-state index in [1.54, 1.807) is 19.4 Å². The molecule has 1 fully saturated rings. The van der Waals surface area contributed by atoms with Crippen molar-refractivity contribution in [3.63, 3.8) is 0 Å². The molecule has 0 aromatic heterocycles. The van der Waals surface area contributed by atoms with Crippen LogP contribution in [0, 0.1) is 11.7 Å². The van der Waals surface area contributed by atoms with Crippen LogP contribution in [0.25, 0.3) is 5.57 Å². The van der Waals surface area contributed by atoms with Gasteiger partial charge in [-0.25, -0.2) is 8.78 Å². The number of nitrogens with zero attached hydrogens (tertiary/aromatic N) is 2. The molecule has 0 saturated heterocycles. The van der Waals surface area contributed by atoms with E-state index in [0.29, 0.717) is 36.1 Å². The summed E-state index contributed by atoms with van der Waals surface area (Å²) in [4.78, 5) is 29.3. The Hall–Kier alpha value is -3.44. The van der Waals surface area contributed by atoms with Crippen molar-refractivity contribution < 1.29 is 18.4 Å². The van der Waals surface area contributed by atoms with Gasteiger partial charge in [-0.3, -0.25) is 9.59 Å². The number of alkyl halides is 1. The van der Waals surface area contributed by atoms with Crippen LogP contribution in [0.5, 0.6) is 0 Å². The van der Waals surface area contributed by atoms with Crippen LogP contribution in [0.15, 0.2) is 48.1 Å². The summed E-state index contributed by atoms with van der Waals surface area (Å²) in [5.74, 6) is -1.04. The fraction of sp³-hybridized carbons (Fsp3) is 0.481. The predicted octanol–water partition coefficient (Wildman–Crippen LogP) is 0.898. The van der Waals surface area contributed by atoms with Gasteiger partial charge in [-0.15, -0.1) is 0 Å². The van der Waals surface area contributed by atoms with Crippen LogP contribution in [0.1, 0.15) is 30.4 Å². The van der Waals surface area contributed by atoms with Crippen LogP contribution in [0.4, 0.5) is 8.78 Å². The van der Waals surface area contributed by atoms with E-state index in [-0.39, 0.29) is 49.9 Å². The number of rotatable bonds is 11. The molecule has 4 unspecified atom stereocenters. The van der Waals surface area contributed by atoms with Gasteiger partial charge in [0.25, 0.3) is 0 Å². The number of allylic oxidation sites excluding steroid dienone is 1. The Morgan fingerprint density at radius 1 is 1.26 bits per heavy atom. The van der Waals surface area contributed by atoms with Gasteiger partial charge < -0.3 is 37.2 Å². The number of nitrogens with one attached hydrogen (secondary N) is 3. The molecule has 4 atom stereocenters. The van der Waals surface area contributed by atoms with Crippen molar-refractivity contribution in [1.29, 1.82) is 0 Å². The number of hydrogen-bond donors (Lipinski definition) is 5. The van der Waals surface area contributed by atoms with Gasteiger partial charge in [-0.1, -0.05) is 0 Å². The molecular formula is C27H37F2N7O2. The number of Topliss-reactive ketones (excluding diaryl/α,β-unsaturated/α-hetero) is 1. The molecule has 206 valence electrons. The molecule has 1 aromatic carbocycles. The number of likely N-dealkylation sites (N-methyl/N-ethyl adjacent to an activating group) is 1. The maximum atomic E-state index is 14.3. The summed E-state index contributed by atoms with van der Waals surface area (Å²) in [5, 5.41) is 9.16. The highest BCUT2D eigenvalue weighted by molar-refractivity contribution is 5.90. The van der Waals surface area contributed by atoms with Crippen molar-refractivity contribution in [3.05, 3.63) is 65.0 Å². The number of carbonyl (C=O) groups excluding carboxylic acids is 2. The van der Waals surface area contributed by atoms with Crippen molar-refractivity contribution >= 4 is 17.3 Å². The first-order valence-corrected chi connectivity index (χ1v) is 12.9. The average molecular weight is 530 g/mol.